The summed E-state index contributed by atoms with van der Waals surface area (Å²) in [4.78, 5) is 10.7. The van der Waals surface area contributed by atoms with Crippen LogP contribution < -0.4 is 0 Å². The smallest absolute Gasteiger partial charge is 0.314 e. The standard InChI is InChI=1S/C6H7ClO2/c1-9-6(8)4-2-3-5(4)7/h3-4H,2H2,1H3. The molecule has 1 aliphatic rings. The second-order valence-electron chi connectivity index (χ2n) is 1.90. The van der Waals surface area contributed by atoms with Crippen molar-refractivity contribution in [3.63, 3.8) is 0 Å². The van der Waals surface area contributed by atoms with E-state index in [9.17, 15) is 4.79 Å². The van der Waals surface area contributed by atoms with Gasteiger partial charge in [0.2, 0.25) is 0 Å². The summed E-state index contributed by atoms with van der Waals surface area (Å²) in [5.41, 5.74) is 0. The summed E-state index contributed by atoms with van der Waals surface area (Å²) in [6, 6.07) is 0. The molecule has 0 aromatic carbocycles. The van der Waals surface area contributed by atoms with Crippen LogP contribution in [0.3, 0.4) is 0 Å². The van der Waals surface area contributed by atoms with Gasteiger partial charge in [-0.2, -0.15) is 0 Å². The third-order valence-corrected chi connectivity index (χ3v) is 1.78. The van der Waals surface area contributed by atoms with Gasteiger partial charge in [-0.1, -0.05) is 17.7 Å². The predicted octanol–water partition coefficient (Wildman–Crippen LogP) is 1.30. The van der Waals surface area contributed by atoms with Gasteiger partial charge in [0.05, 0.1) is 13.0 Å². The van der Waals surface area contributed by atoms with Crippen molar-refractivity contribution in [1.82, 2.24) is 0 Å². The molecular formula is C6H7ClO2. The minimum Gasteiger partial charge on any atom is -0.469 e. The third-order valence-electron chi connectivity index (χ3n) is 1.37. The molecule has 2 nitrogen and oxygen atoms in total. The Kier molecular flexibility index (Phi) is 1.76. The van der Waals surface area contributed by atoms with Crippen LogP contribution in [0.25, 0.3) is 0 Å². The molecule has 0 aliphatic heterocycles. The molecule has 0 radical (unpaired) electrons. The minimum absolute atomic E-state index is 0.170. The van der Waals surface area contributed by atoms with E-state index in [1.807, 2.05) is 6.08 Å². The third kappa shape index (κ3) is 1.08. The maximum Gasteiger partial charge on any atom is 0.314 e. The van der Waals surface area contributed by atoms with Gasteiger partial charge in [0, 0.05) is 5.03 Å². The monoisotopic (exact) mass is 146 g/mol. The van der Waals surface area contributed by atoms with E-state index in [1.54, 1.807) is 0 Å². The lowest BCUT2D eigenvalue weighted by Gasteiger charge is -2.18. The predicted molar refractivity (Wildman–Crippen MR) is 34.1 cm³/mol. The maximum absolute atomic E-state index is 10.7. The van der Waals surface area contributed by atoms with Gasteiger partial charge in [-0.15, -0.1) is 0 Å². The summed E-state index contributed by atoms with van der Waals surface area (Å²) < 4.78 is 4.46. The van der Waals surface area contributed by atoms with Gasteiger partial charge in [0.15, 0.2) is 0 Å². The number of hydrogen-bond donors (Lipinski definition) is 0. The van der Waals surface area contributed by atoms with Crippen LogP contribution in [0.15, 0.2) is 11.1 Å². The summed E-state index contributed by atoms with van der Waals surface area (Å²) in [6.07, 6.45) is 2.54. The molecule has 9 heavy (non-hydrogen) atoms. The second-order valence-corrected chi connectivity index (χ2v) is 2.34. The highest BCUT2D eigenvalue weighted by atomic mass is 35.5. The van der Waals surface area contributed by atoms with E-state index in [1.165, 1.54) is 7.11 Å². The van der Waals surface area contributed by atoms with Gasteiger partial charge in [0.25, 0.3) is 0 Å². The van der Waals surface area contributed by atoms with Crippen LogP contribution in [0.4, 0.5) is 0 Å². The van der Waals surface area contributed by atoms with Crippen molar-refractivity contribution in [2.75, 3.05) is 7.11 Å². The van der Waals surface area contributed by atoms with Crippen LogP contribution >= 0.6 is 11.6 Å². The number of allylic oxidation sites excluding steroid dienone is 1. The Labute approximate surface area is 58.4 Å². The second kappa shape index (κ2) is 2.40. The molecule has 3 heteroatoms. The molecule has 0 aromatic rings. The Bertz CT molecular complexity index is 162. The Balaban J connectivity index is 2.48. The number of hydrogen-bond acceptors (Lipinski definition) is 2. The number of ether oxygens (including phenoxy) is 1. The van der Waals surface area contributed by atoms with Gasteiger partial charge >= 0.3 is 5.97 Å². The average molecular weight is 147 g/mol. The Hall–Kier alpha value is -0.500. The number of carbonyl (C=O) groups excluding carboxylic acids is 1. The first-order valence-electron chi connectivity index (χ1n) is 2.69. The molecule has 0 saturated carbocycles. The molecule has 0 heterocycles. The fourth-order valence-corrected chi connectivity index (χ4v) is 0.943. The largest absolute Gasteiger partial charge is 0.469 e. The molecule has 0 bridgehead atoms. The summed E-state index contributed by atoms with van der Waals surface area (Å²) in [5.74, 6) is -0.404. The quantitative estimate of drug-likeness (QED) is 0.522. The van der Waals surface area contributed by atoms with E-state index in [4.69, 9.17) is 11.6 Å². The molecule has 0 fully saturated rings. The first-order valence-corrected chi connectivity index (χ1v) is 3.07. The van der Waals surface area contributed by atoms with Crippen LogP contribution in [0.1, 0.15) is 6.42 Å². The number of halogens is 1. The zero-order valence-corrected chi connectivity index (χ0v) is 5.81. The fraction of sp³-hybridized carbons (Fsp3) is 0.500. The molecule has 0 amide bonds. The van der Waals surface area contributed by atoms with Crippen LogP contribution in [0, 0.1) is 5.92 Å². The van der Waals surface area contributed by atoms with Crippen molar-refractivity contribution in [3.05, 3.63) is 11.1 Å². The Morgan fingerprint density at radius 2 is 2.67 bits per heavy atom. The van der Waals surface area contributed by atoms with Gasteiger partial charge in [-0.05, 0) is 6.42 Å². The van der Waals surface area contributed by atoms with Crippen LogP contribution in [-0.2, 0) is 9.53 Å². The molecule has 1 aliphatic carbocycles. The molecule has 0 spiro atoms. The van der Waals surface area contributed by atoms with Gasteiger partial charge in [-0.25, -0.2) is 0 Å². The Morgan fingerprint density at radius 3 is 2.78 bits per heavy atom. The van der Waals surface area contributed by atoms with E-state index >= 15 is 0 Å². The highest BCUT2D eigenvalue weighted by Crippen LogP contribution is 2.30. The van der Waals surface area contributed by atoms with E-state index in [-0.39, 0.29) is 11.9 Å². The number of esters is 1. The molecule has 0 N–H and O–H groups in total. The fourth-order valence-electron chi connectivity index (χ4n) is 0.676. The first-order chi connectivity index (χ1) is 4.25. The normalized spacial score (nSPS) is 24.2. The lowest BCUT2D eigenvalue weighted by Crippen LogP contribution is -2.21. The molecular weight excluding hydrogens is 140 g/mol. The number of carbonyl (C=O) groups is 1. The summed E-state index contributed by atoms with van der Waals surface area (Å²) in [6.45, 7) is 0. The van der Waals surface area contributed by atoms with Crippen LogP contribution in [0.5, 0.6) is 0 Å². The molecule has 1 unspecified atom stereocenters. The van der Waals surface area contributed by atoms with Crippen LogP contribution in [0.2, 0.25) is 0 Å². The van der Waals surface area contributed by atoms with Crippen molar-refractivity contribution in [2.45, 2.75) is 6.42 Å². The van der Waals surface area contributed by atoms with E-state index in [2.05, 4.69) is 4.74 Å². The molecule has 1 atom stereocenters. The SMILES string of the molecule is COC(=O)C1CC=C1Cl. The number of rotatable bonds is 1. The number of methoxy groups -OCH3 is 1. The molecule has 0 saturated heterocycles. The van der Waals surface area contributed by atoms with E-state index < -0.39 is 0 Å². The highest BCUT2D eigenvalue weighted by Gasteiger charge is 2.27. The van der Waals surface area contributed by atoms with E-state index in [0.717, 1.165) is 6.42 Å². The zero-order valence-electron chi connectivity index (χ0n) is 5.06. The van der Waals surface area contributed by atoms with Crippen molar-refractivity contribution < 1.29 is 9.53 Å². The maximum atomic E-state index is 10.7. The lowest BCUT2D eigenvalue weighted by molar-refractivity contribution is -0.144. The van der Waals surface area contributed by atoms with Gasteiger partial charge < -0.3 is 4.74 Å². The highest BCUT2D eigenvalue weighted by molar-refractivity contribution is 6.32. The van der Waals surface area contributed by atoms with Crippen molar-refractivity contribution >= 4 is 17.6 Å². The summed E-state index contributed by atoms with van der Waals surface area (Å²) in [5, 5.41) is 0.613. The zero-order chi connectivity index (χ0) is 6.85. The first kappa shape index (κ1) is 6.62. The molecule has 50 valence electrons. The van der Waals surface area contributed by atoms with Gasteiger partial charge in [0.1, 0.15) is 0 Å². The minimum atomic E-state index is -0.234. The lowest BCUT2D eigenvalue weighted by atomic mass is 9.95. The van der Waals surface area contributed by atoms with Gasteiger partial charge in [-0.3, -0.25) is 4.79 Å². The van der Waals surface area contributed by atoms with E-state index in [0.29, 0.717) is 5.03 Å². The van der Waals surface area contributed by atoms with Crippen molar-refractivity contribution in [1.29, 1.82) is 0 Å². The Morgan fingerprint density at radius 1 is 2.00 bits per heavy atom. The average Bonchev–Trinajstić information content (AvgIpc) is 1.84. The summed E-state index contributed by atoms with van der Waals surface area (Å²) >= 11 is 5.55. The summed E-state index contributed by atoms with van der Waals surface area (Å²) in [7, 11) is 1.37. The van der Waals surface area contributed by atoms with Crippen molar-refractivity contribution in [3.8, 4) is 0 Å². The molecule has 0 aromatic heterocycles. The van der Waals surface area contributed by atoms with Crippen molar-refractivity contribution in [2.24, 2.45) is 5.92 Å². The van der Waals surface area contributed by atoms with Crippen LogP contribution in [-0.4, -0.2) is 13.1 Å². The molecule has 1 rings (SSSR count). The topological polar surface area (TPSA) is 26.3 Å².